The minimum Gasteiger partial charge on any atom is -0.353 e. The van der Waals surface area contributed by atoms with Crippen molar-refractivity contribution in [1.29, 1.82) is 0 Å². The highest BCUT2D eigenvalue weighted by atomic mass is 32.2. The van der Waals surface area contributed by atoms with Gasteiger partial charge < -0.3 is 11.1 Å². The summed E-state index contributed by atoms with van der Waals surface area (Å²) in [6.45, 7) is 5.64. The molecule has 5 heteroatoms. The van der Waals surface area contributed by atoms with Gasteiger partial charge >= 0.3 is 0 Å². The van der Waals surface area contributed by atoms with Crippen molar-refractivity contribution in [3.8, 4) is 0 Å². The molecule has 0 aromatic heterocycles. The van der Waals surface area contributed by atoms with E-state index in [9.17, 15) is 9.00 Å². The van der Waals surface area contributed by atoms with E-state index in [1.54, 1.807) is 6.26 Å². The fraction of sp³-hybridized carbons (Fsp3) is 0.900. The Morgan fingerprint density at radius 1 is 1.53 bits per heavy atom. The van der Waals surface area contributed by atoms with Gasteiger partial charge in [0.15, 0.2) is 0 Å². The van der Waals surface area contributed by atoms with Gasteiger partial charge in [-0.15, -0.1) is 0 Å². The smallest absolute Gasteiger partial charge is 0.220 e. The molecule has 0 bridgehead atoms. The van der Waals surface area contributed by atoms with Crippen molar-refractivity contribution in [3.63, 3.8) is 0 Å². The fourth-order valence-corrected chi connectivity index (χ4v) is 1.96. The second-order valence-electron chi connectivity index (χ2n) is 4.70. The molecule has 0 heterocycles. The zero-order valence-corrected chi connectivity index (χ0v) is 10.8. The lowest BCUT2D eigenvalue weighted by Gasteiger charge is -2.18. The summed E-state index contributed by atoms with van der Waals surface area (Å²) in [5, 5.41) is 2.80. The number of hydrogen-bond acceptors (Lipinski definition) is 3. The number of carbonyl (C=O) groups excluding carboxylic acids is 1. The second kappa shape index (κ2) is 6.23. The van der Waals surface area contributed by atoms with Gasteiger partial charge in [-0.1, -0.05) is 0 Å². The van der Waals surface area contributed by atoms with E-state index < -0.39 is 10.8 Å². The molecule has 3 N–H and O–H groups in total. The van der Waals surface area contributed by atoms with E-state index in [0.29, 0.717) is 18.6 Å². The number of carbonyl (C=O) groups is 1. The molecular weight excluding hydrogens is 212 g/mol. The summed E-state index contributed by atoms with van der Waals surface area (Å²) in [4.78, 5) is 11.4. The van der Waals surface area contributed by atoms with Gasteiger partial charge in [0.05, 0.1) is 0 Å². The molecule has 0 aromatic carbocycles. The largest absolute Gasteiger partial charge is 0.353 e. The number of nitrogens with two attached hydrogens (primary N) is 1. The molecule has 0 aliphatic carbocycles. The average Bonchev–Trinajstić information content (AvgIpc) is 1.97. The molecule has 1 amide bonds. The normalized spacial score (nSPS) is 15.8. The van der Waals surface area contributed by atoms with Gasteiger partial charge in [-0.25, -0.2) is 0 Å². The third-order valence-corrected chi connectivity index (χ3v) is 2.86. The Balaban J connectivity index is 3.79. The van der Waals surface area contributed by atoms with Gasteiger partial charge in [0.2, 0.25) is 5.91 Å². The molecule has 0 rings (SSSR count). The van der Waals surface area contributed by atoms with Gasteiger partial charge in [-0.3, -0.25) is 9.00 Å². The summed E-state index contributed by atoms with van der Waals surface area (Å²) in [7, 11) is -0.873. The van der Waals surface area contributed by atoms with E-state index in [0.717, 1.165) is 0 Å². The molecular formula is C10H22N2O2S. The van der Waals surface area contributed by atoms with E-state index in [1.165, 1.54) is 0 Å². The maximum Gasteiger partial charge on any atom is 0.220 e. The Morgan fingerprint density at radius 3 is 2.47 bits per heavy atom. The Labute approximate surface area is 94.4 Å². The Bertz CT molecular complexity index is 236. The van der Waals surface area contributed by atoms with Crippen LogP contribution in [0.4, 0.5) is 0 Å². The highest BCUT2D eigenvalue weighted by Gasteiger charge is 2.14. The third-order valence-electron chi connectivity index (χ3n) is 1.89. The molecule has 0 aliphatic heterocycles. The van der Waals surface area contributed by atoms with Crippen molar-refractivity contribution in [2.75, 3.05) is 12.0 Å². The molecule has 2 unspecified atom stereocenters. The quantitative estimate of drug-likeness (QED) is 0.698. The summed E-state index contributed by atoms with van der Waals surface area (Å²) >= 11 is 0. The Hall–Kier alpha value is -0.420. The lowest BCUT2D eigenvalue weighted by atomic mass is 10.00. The van der Waals surface area contributed by atoms with Crippen LogP contribution in [-0.4, -0.2) is 33.7 Å². The zero-order valence-electron chi connectivity index (χ0n) is 10.0. The molecule has 0 aromatic rings. The Kier molecular flexibility index (Phi) is 6.05. The predicted octanol–water partition coefficient (Wildman–Crippen LogP) is 0.387. The summed E-state index contributed by atoms with van der Waals surface area (Å²) < 4.78 is 10.9. The first-order chi connectivity index (χ1) is 6.70. The van der Waals surface area contributed by atoms with E-state index in [2.05, 4.69) is 5.32 Å². The summed E-state index contributed by atoms with van der Waals surface area (Å²) in [6.07, 6.45) is 2.70. The monoisotopic (exact) mass is 234 g/mol. The van der Waals surface area contributed by atoms with Crippen LogP contribution in [0.1, 0.15) is 33.6 Å². The predicted molar refractivity (Wildman–Crippen MR) is 64.0 cm³/mol. The first kappa shape index (κ1) is 14.6. The summed E-state index contributed by atoms with van der Waals surface area (Å²) in [5.74, 6) is 0.476. The van der Waals surface area contributed by atoms with Crippen molar-refractivity contribution in [2.45, 2.75) is 45.2 Å². The van der Waals surface area contributed by atoms with Crippen molar-refractivity contribution in [2.24, 2.45) is 5.73 Å². The zero-order chi connectivity index (χ0) is 12.1. The molecule has 0 saturated heterocycles. The number of nitrogens with one attached hydrogen (secondary N) is 1. The summed E-state index contributed by atoms with van der Waals surface area (Å²) in [5.41, 5.74) is 5.46. The lowest BCUT2D eigenvalue weighted by Crippen LogP contribution is -2.38. The van der Waals surface area contributed by atoms with E-state index >= 15 is 0 Å². The van der Waals surface area contributed by atoms with Gasteiger partial charge in [-0.05, 0) is 27.2 Å². The topological polar surface area (TPSA) is 72.2 Å². The number of hydrogen-bond donors (Lipinski definition) is 2. The van der Waals surface area contributed by atoms with E-state index in [-0.39, 0.29) is 17.5 Å². The van der Waals surface area contributed by atoms with Gasteiger partial charge in [-0.2, -0.15) is 0 Å². The van der Waals surface area contributed by atoms with Crippen LogP contribution < -0.4 is 11.1 Å². The first-order valence-corrected chi connectivity index (χ1v) is 6.81. The van der Waals surface area contributed by atoms with Crippen LogP contribution in [0.2, 0.25) is 0 Å². The molecule has 15 heavy (non-hydrogen) atoms. The SMILES string of the molecule is CC(CS(C)=O)NC(=O)CCC(C)(C)N. The van der Waals surface area contributed by atoms with E-state index in [1.807, 2.05) is 20.8 Å². The van der Waals surface area contributed by atoms with Gasteiger partial charge in [0, 0.05) is 40.8 Å². The van der Waals surface area contributed by atoms with Crippen molar-refractivity contribution >= 4 is 16.7 Å². The maximum absolute atomic E-state index is 11.4. The molecule has 4 nitrogen and oxygen atoms in total. The molecule has 2 atom stereocenters. The highest BCUT2D eigenvalue weighted by molar-refractivity contribution is 7.84. The molecule has 0 spiro atoms. The minimum atomic E-state index is -0.873. The van der Waals surface area contributed by atoms with Crippen LogP contribution in [0.15, 0.2) is 0 Å². The Morgan fingerprint density at radius 2 is 2.07 bits per heavy atom. The fourth-order valence-electron chi connectivity index (χ4n) is 1.18. The second-order valence-corrected chi connectivity index (χ2v) is 6.18. The standard InChI is InChI=1S/C10H22N2O2S/c1-8(7-15(4)14)12-9(13)5-6-10(2,3)11/h8H,5-7,11H2,1-4H3,(H,12,13). The van der Waals surface area contributed by atoms with Crippen molar-refractivity contribution in [1.82, 2.24) is 5.32 Å². The summed E-state index contributed by atoms with van der Waals surface area (Å²) in [6, 6.07) is -0.0378. The average molecular weight is 234 g/mol. The number of amides is 1. The molecule has 0 radical (unpaired) electrons. The van der Waals surface area contributed by atoms with Crippen LogP contribution in [0.25, 0.3) is 0 Å². The number of rotatable bonds is 6. The van der Waals surface area contributed by atoms with Crippen LogP contribution in [-0.2, 0) is 15.6 Å². The van der Waals surface area contributed by atoms with Crippen LogP contribution in [0.5, 0.6) is 0 Å². The van der Waals surface area contributed by atoms with E-state index in [4.69, 9.17) is 5.73 Å². The van der Waals surface area contributed by atoms with Crippen LogP contribution >= 0.6 is 0 Å². The lowest BCUT2D eigenvalue weighted by molar-refractivity contribution is -0.121. The van der Waals surface area contributed by atoms with Gasteiger partial charge in [0.1, 0.15) is 0 Å². The molecule has 0 saturated carbocycles. The molecule has 0 aliphatic rings. The first-order valence-electron chi connectivity index (χ1n) is 5.09. The van der Waals surface area contributed by atoms with Crippen molar-refractivity contribution in [3.05, 3.63) is 0 Å². The van der Waals surface area contributed by atoms with Crippen LogP contribution in [0.3, 0.4) is 0 Å². The van der Waals surface area contributed by atoms with Crippen LogP contribution in [0, 0.1) is 0 Å². The maximum atomic E-state index is 11.4. The molecule has 90 valence electrons. The minimum absolute atomic E-state index is 0.0218. The highest BCUT2D eigenvalue weighted by Crippen LogP contribution is 2.06. The third kappa shape index (κ3) is 9.87. The van der Waals surface area contributed by atoms with Gasteiger partial charge in [0.25, 0.3) is 0 Å². The molecule has 0 fully saturated rings. The van der Waals surface area contributed by atoms with Crippen molar-refractivity contribution < 1.29 is 9.00 Å².